The van der Waals surface area contributed by atoms with Gasteiger partial charge < -0.3 is 14.8 Å². The second-order valence-corrected chi connectivity index (χ2v) is 4.19. The van der Waals surface area contributed by atoms with Crippen LogP contribution in [0, 0.1) is 0 Å². The average Bonchev–Trinajstić information content (AvgIpc) is 2.94. The number of aryl methyl sites for hydroxylation is 1. The summed E-state index contributed by atoms with van der Waals surface area (Å²) in [7, 11) is 0. The van der Waals surface area contributed by atoms with Crippen LogP contribution in [-0.4, -0.2) is 22.0 Å². The Kier molecular flexibility index (Phi) is 4.50. The number of carboxylic acids is 1. The molecule has 6 heteroatoms. The van der Waals surface area contributed by atoms with Crippen molar-refractivity contribution < 1.29 is 19.1 Å². The first-order chi connectivity index (χ1) is 10.1. The van der Waals surface area contributed by atoms with E-state index in [1.54, 1.807) is 30.3 Å². The molecular weight excluding hydrogens is 272 g/mol. The lowest BCUT2D eigenvalue weighted by Gasteiger charge is -2.03. The zero-order chi connectivity index (χ0) is 15.2. The van der Waals surface area contributed by atoms with Crippen LogP contribution in [0.1, 0.15) is 28.9 Å². The number of pyridine rings is 1. The van der Waals surface area contributed by atoms with Gasteiger partial charge in [-0.2, -0.15) is 0 Å². The molecule has 0 atom stereocenters. The minimum atomic E-state index is -1.06. The SMILES string of the molecule is CCc1ccc(C(=O)Nc2cccc(C=CC(=O)O)n2)o1. The highest BCUT2D eigenvalue weighted by Gasteiger charge is 2.11. The van der Waals surface area contributed by atoms with Crippen LogP contribution in [-0.2, 0) is 11.2 Å². The van der Waals surface area contributed by atoms with E-state index in [4.69, 9.17) is 9.52 Å². The number of hydrogen-bond acceptors (Lipinski definition) is 4. The molecule has 2 N–H and O–H groups in total. The molecule has 2 rings (SSSR count). The number of furan rings is 1. The summed E-state index contributed by atoms with van der Waals surface area (Å²) in [6, 6.07) is 8.26. The van der Waals surface area contributed by atoms with Gasteiger partial charge in [0.25, 0.3) is 5.91 Å². The number of nitrogens with one attached hydrogen (secondary N) is 1. The molecule has 21 heavy (non-hydrogen) atoms. The van der Waals surface area contributed by atoms with Crippen LogP contribution in [0.25, 0.3) is 6.08 Å². The third-order valence-electron chi connectivity index (χ3n) is 2.64. The van der Waals surface area contributed by atoms with Gasteiger partial charge in [-0.25, -0.2) is 9.78 Å². The van der Waals surface area contributed by atoms with Gasteiger partial charge in [0.15, 0.2) is 5.76 Å². The molecule has 108 valence electrons. The van der Waals surface area contributed by atoms with E-state index >= 15 is 0 Å². The molecule has 0 saturated heterocycles. The van der Waals surface area contributed by atoms with E-state index in [1.807, 2.05) is 6.92 Å². The van der Waals surface area contributed by atoms with Crippen molar-refractivity contribution in [2.75, 3.05) is 5.32 Å². The van der Waals surface area contributed by atoms with Crippen LogP contribution in [0.3, 0.4) is 0 Å². The summed E-state index contributed by atoms with van der Waals surface area (Å²) >= 11 is 0. The van der Waals surface area contributed by atoms with E-state index in [0.717, 1.165) is 11.8 Å². The number of amides is 1. The van der Waals surface area contributed by atoms with Gasteiger partial charge in [-0.1, -0.05) is 13.0 Å². The maximum atomic E-state index is 12.0. The highest BCUT2D eigenvalue weighted by atomic mass is 16.4. The van der Waals surface area contributed by atoms with Gasteiger partial charge in [0.1, 0.15) is 11.6 Å². The summed E-state index contributed by atoms with van der Waals surface area (Å²) in [6.07, 6.45) is 3.04. The molecule has 2 heterocycles. The number of anilines is 1. The maximum absolute atomic E-state index is 12.0. The van der Waals surface area contributed by atoms with Crippen LogP contribution in [0.4, 0.5) is 5.82 Å². The predicted octanol–water partition coefficient (Wildman–Crippen LogP) is 2.59. The molecule has 0 bridgehead atoms. The summed E-state index contributed by atoms with van der Waals surface area (Å²) in [4.78, 5) is 26.5. The fraction of sp³-hybridized carbons (Fsp3) is 0.133. The Morgan fingerprint density at radius 1 is 1.33 bits per heavy atom. The van der Waals surface area contributed by atoms with Crippen LogP contribution in [0.2, 0.25) is 0 Å². The van der Waals surface area contributed by atoms with Gasteiger partial charge in [0, 0.05) is 12.5 Å². The molecule has 0 aromatic carbocycles. The lowest BCUT2D eigenvalue weighted by molar-refractivity contribution is -0.131. The van der Waals surface area contributed by atoms with Crippen molar-refractivity contribution in [3.05, 3.63) is 53.6 Å². The Hall–Kier alpha value is -2.89. The normalized spacial score (nSPS) is 10.7. The maximum Gasteiger partial charge on any atom is 0.328 e. The summed E-state index contributed by atoms with van der Waals surface area (Å²) in [6.45, 7) is 1.93. The molecule has 0 unspecified atom stereocenters. The highest BCUT2D eigenvalue weighted by Crippen LogP contribution is 2.12. The Balaban J connectivity index is 2.10. The minimum Gasteiger partial charge on any atom is -0.478 e. The van der Waals surface area contributed by atoms with Gasteiger partial charge in [0.2, 0.25) is 0 Å². The predicted molar refractivity (Wildman–Crippen MR) is 76.9 cm³/mol. The molecule has 0 spiro atoms. The lowest BCUT2D eigenvalue weighted by atomic mass is 10.3. The molecule has 0 aliphatic carbocycles. The molecule has 2 aromatic heterocycles. The zero-order valence-electron chi connectivity index (χ0n) is 11.4. The van der Waals surface area contributed by atoms with Crippen LogP contribution < -0.4 is 5.32 Å². The van der Waals surface area contributed by atoms with Gasteiger partial charge in [-0.05, 0) is 30.3 Å². The first kappa shape index (κ1) is 14.5. The van der Waals surface area contributed by atoms with Crippen LogP contribution >= 0.6 is 0 Å². The fourth-order valence-corrected chi connectivity index (χ4v) is 1.64. The summed E-state index contributed by atoms with van der Waals surface area (Å²) in [5.41, 5.74) is 0.434. The Labute approximate surface area is 121 Å². The first-order valence-electron chi connectivity index (χ1n) is 6.36. The summed E-state index contributed by atoms with van der Waals surface area (Å²) < 4.78 is 5.34. The third-order valence-corrected chi connectivity index (χ3v) is 2.64. The van der Waals surface area contributed by atoms with E-state index in [9.17, 15) is 9.59 Å². The number of carbonyl (C=O) groups is 2. The van der Waals surface area contributed by atoms with Gasteiger partial charge in [-0.15, -0.1) is 0 Å². The molecule has 2 aromatic rings. The molecule has 0 saturated carbocycles. The second kappa shape index (κ2) is 6.51. The Bertz CT molecular complexity index is 688. The lowest BCUT2D eigenvalue weighted by Crippen LogP contribution is -2.12. The number of rotatable bonds is 5. The first-order valence-corrected chi connectivity index (χ1v) is 6.36. The molecular formula is C15H14N2O4. The third kappa shape index (κ3) is 4.04. The van der Waals surface area contributed by atoms with Gasteiger partial charge in [-0.3, -0.25) is 4.79 Å². The minimum absolute atomic E-state index is 0.208. The van der Waals surface area contributed by atoms with Crippen molar-refractivity contribution in [1.29, 1.82) is 0 Å². The number of hydrogen-bond donors (Lipinski definition) is 2. The van der Waals surface area contributed by atoms with E-state index in [-0.39, 0.29) is 5.76 Å². The van der Waals surface area contributed by atoms with Crippen molar-refractivity contribution in [1.82, 2.24) is 4.98 Å². The average molecular weight is 286 g/mol. The van der Waals surface area contributed by atoms with E-state index < -0.39 is 11.9 Å². The number of carbonyl (C=O) groups excluding carboxylic acids is 1. The van der Waals surface area contributed by atoms with Crippen LogP contribution in [0.15, 0.2) is 40.8 Å². The molecule has 0 fully saturated rings. The van der Waals surface area contributed by atoms with E-state index in [2.05, 4.69) is 10.3 Å². The van der Waals surface area contributed by atoms with Crippen molar-refractivity contribution in [3.8, 4) is 0 Å². The number of aromatic nitrogens is 1. The van der Waals surface area contributed by atoms with E-state index in [0.29, 0.717) is 17.9 Å². The Morgan fingerprint density at radius 3 is 2.81 bits per heavy atom. The van der Waals surface area contributed by atoms with Crippen molar-refractivity contribution in [2.45, 2.75) is 13.3 Å². The molecule has 6 nitrogen and oxygen atoms in total. The molecule has 0 aliphatic heterocycles. The van der Waals surface area contributed by atoms with Crippen molar-refractivity contribution >= 4 is 23.8 Å². The summed E-state index contributed by atoms with van der Waals surface area (Å²) in [5.74, 6) is -0.205. The zero-order valence-corrected chi connectivity index (χ0v) is 11.4. The molecule has 0 aliphatic rings. The standard InChI is InChI=1S/C15H14N2O4/c1-2-11-7-8-12(21-11)15(20)17-13-5-3-4-10(16-13)6-9-14(18)19/h3-9H,2H2,1H3,(H,18,19)(H,16,17,20). The van der Waals surface area contributed by atoms with Crippen molar-refractivity contribution in [3.63, 3.8) is 0 Å². The number of carboxylic acid groups (broad SMARTS) is 1. The van der Waals surface area contributed by atoms with Gasteiger partial charge >= 0.3 is 5.97 Å². The largest absolute Gasteiger partial charge is 0.478 e. The second-order valence-electron chi connectivity index (χ2n) is 4.19. The summed E-state index contributed by atoms with van der Waals surface area (Å²) in [5, 5.41) is 11.2. The molecule has 1 amide bonds. The van der Waals surface area contributed by atoms with Gasteiger partial charge in [0.05, 0.1) is 5.69 Å². The number of aliphatic carboxylic acids is 1. The number of nitrogens with zero attached hydrogens (tertiary/aromatic N) is 1. The van der Waals surface area contributed by atoms with E-state index in [1.165, 1.54) is 6.08 Å². The highest BCUT2D eigenvalue weighted by molar-refractivity contribution is 6.01. The molecule has 0 radical (unpaired) electrons. The van der Waals surface area contributed by atoms with Crippen molar-refractivity contribution in [2.24, 2.45) is 0 Å². The monoisotopic (exact) mass is 286 g/mol. The Morgan fingerprint density at radius 2 is 2.14 bits per heavy atom. The fourth-order valence-electron chi connectivity index (χ4n) is 1.64. The van der Waals surface area contributed by atoms with Crippen LogP contribution in [0.5, 0.6) is 0 Å². The smallest absolute Gasteiger partial charge is 0.328 e. The topological polar surface area (TPSA) is 92.4 Å². The quantitative estimate of drug-likeness (QED) is 0.824.